The SMILES string of the molecule is Cc1cc(C)cc(N(c2ccc(C#N)cc2)c2cc(C(C)C)c3ccc4c(N(c5ccc(C#N)cc5)c5cc(C)cc(C)c5)cc(C(C)C)c5ccc2c3c54)c1. The quantitative estimate of drug-likeness (QED) is 0.146. The van der Waals surface area contributed by atoms with Crippen molar-refractivity contribution in [2.75, 3.05) is 9.80 Å². The first kappa shape index (κ1) is 36.4. The van der Waals surface area contributed by atoms with E-state index in [0.717, 1.165) is 34.1 Å². The zero-order valence-corrected chi connectivity index (χ0v) is 33.5. The Balaban J connectivity index is 1.52. The monoisotopic (exact) mass is 726 g/mol. The third-order valence-corrected chi connectivity index (χ3v) is 11.1. The number of rotatable bonds is 8. The molecule has 274 valence electrons. The van der Waals surface area contributed by atoms with E-state index in [1.54, 1.807) is 0 Å². The maximum Gasteiger partial charge on any atom is 0.0991 e. The van der Waals surface area contributed by atoms with Crippen molar-refractivity contribution in [2.45, 2.75) is 67.2 Å². The van der Waals surface area contributed by atoms with E-state index in [9.17, 15) is 10.5 Å². The molecule has 0 bridgehead atoms. The Bertz CT molecular complexity index is 2630. The molecular formula is C52H46N4. The molecule has 0 aliphatic heterocycles. The van der Waals surface area contributed by atoms with Crippen molar-refractivity contribution in [2.24, 2.45) is 0 Å². The summed E-state index contributed by atoms with van der Waals surface area (Å²) >= 11 is 0. The van der Waals surface area contributed by atoms with Crippen LogP contribution in [0.15, 0.2) is 121 Å². The number of nitrogens with zero attached hydrogens (tertiary/aromatic N) is 4. The van der Waals surface area contributed by atoms with Crippen LogP contribution in [0.3, 0.4) is 0 Å². The van der Waals surface area contributed by atoms with Crippen molar-refractivity contribution in [3.63, 3.8) is 0 Å². The summed E-state index contributed by atoms with van der Waals surface area (Å²) in [6, 6.07) is 48.1. The highest BCUT2D eigenvalue weighted by molar-refractivity contribution is 6.29. The number of hydrogen-bond acceptors (Lipinski definition) is 4. The average molecular weight is 727 g/mol. The lowest BCUT2D eigenvalue weighted by molar-refractivity contribution is 0.875. The molecule has 8 rings (SSSR count). The third-order valence-electron chi connectivity index (χ3n) is 11.1. The first-order valence-electron chi connectivity index (χ1n) is 19.5. The van der Waals surface area contributed by atoms with Gasteiger partial charge in [0.25, 0.3) is 0 Å². The molecular weight excluding hydrogens is 681 g/mol. The Morgan fingerprint density at radius 1 is 0.393 bits per heavy atom. The summed E-state index contributed by atoms with van der Waals surface area (Å²) in [7, 11) is 0. The number of nitriles is 2. The molecule has 0 fully saturated rings. The van der Waals surface area contributed by atoms with Crippen molar-refractivity contribution in [3.8, 4) is 12.1 Å². The Hall–Kier alpha value is -6.62. The van der Waals surface area contributed by atoms with Gasteiger partial charge in [0.2, 0.25) is 0 Å². The summed E-state index contributed by atoms with van der Waals surface area (Å²) in [5.41, 5.74) is 15.0. The van der Waals surface area contributed by atoms with Gasteiger partial charge in [-0.25, -0.2) is 0 Å². The molecule has 0 radical (unpaired) electrons. The second-order valence-electron chi connectivity index (χ2n) is 16.0. The van der Waals surface area contributed by atoms with Gasteiger partial charge in [-0.2, -0.15) is 10.5 Å². The maximum absolute atomic E-state index is 9.71. The molecule has 0 amide bonds. The minimum Gasteiger partial charge on any atom is -0.310 e. The predicted octanol–water partition coefficient (Wildman–Crippen LogP) is 14.7. The van der Waals surface area contributed by atoms with Crippen LogP contribution in [0.5, 0.6) is 0 Å². The molecule has 0 aliphatic rings. The van der Waals surface area contributed by atoms with E-state index in [-0.39, 0.29) is 11.8 Å². The fourth-order valence-electron chi connectivity index (χ4n) is 8.72. The van der Waals surface area contributed by atoms with Crippen molar-refractivity contribution in [3.05, 3.63) is 166 Å². The van der Waals surface area contributed by atoms with Gasteiger partial charge in [0, 0.05) is 33.5 Å². The molecule has 8 aromatic rings. The molecule has 0 saturated carbocycles. The molecule has 0 aliphatic carbocycles. The molecule has 4 heteroatoms. The molecule has 8 aromatic carbocycles. The van der Waals surface area contributed by atoms with Gasteiger partial charge in [0.15, 0.2) is 0 Å². The summed E-state index contributed by atoms with van der Waals surface area (Å²) in [5.74, 6) is 0.518. The standard InChI is InChI=1S/C52H46N4/c1-31(2)47-27-49(55(39-13-9-37(29-53)10-14-39)41-23-33(5)21-34(6)24-41)45-20-18-44-48(32(3)4)28-50(46-19-17-43(47)51(45)52(44)46)56(40-15-11-38(30-54)12-16-40)42-25-35(7)22-36(8)26-42/h9-28,31-32H,1-8H3. The lowest BCUT2D eigenvalue weighted by Gasteiger charge is -2.32. The number of anilines is 6. The topological polar surface area (TPSA) is 54.1 Å². The van der Waals surface area contributed by atoms with Gasteiger partial charge >= 0.3 is 0 Å². The summed E-state index contributed by atoms with van der Waals surface area (Å²) in [5, 5.41) is 26.8. The predicted molar refractivity (Wildman–Crippen MR) is 236 cm³/mol. The average Bonchev–Trinajstić information content (AvgIpc) is 3.17. The van der Waals surface area contributed by atoms with Crippen LogP contribution in [0.1, 0.15) is 84.0 Å². The van der Waals surface area contributed by atoms with E-state index in [2.05, 4.69) is 174 Å². The molecule has 0 atom stereocenters. The van der Waals surface area contributed by atoms with Gasteiger partial charge in [0.05, 0.1) is 34.6 Å². The van der Waals surface area contributed by atoms with Crippen molar-refractivity contribution in [1.29, 1.82) is 10.5 Å². The fraction of sp³-hybridized carbons (Fsp3) is 0.192. The van der Waals surface area contributed by atoms with Crippen molar-refractivity contribution in [1.82, 2.24) is 0 Å². The van der Waals surface area contributed by atoms with Crippen molar-refractivity contribution < 1.29 is 0 Å². The van der Waals surface area contributed by atoms with Gasteiger partial charge in [0.1, 0.15) is 0 Å². The molecule has 4 nitrogen and oxygen atoms in total. The fourth-order valence-corrected chi connectivity index (χ4v) is 8.72. The first-order chi connectivity index (χ1) is 26.9. The zero-order valence-electron chi connectivity index (χ0n) is 33.5. The van der Waals surface area contributed by atoms with Crippen LogP contribution in [-0.2, 0) is 0 Å². The Morgan fingerprint density at radius 3 is 1.02 bits per heavy atom. The second kappa shape index (κ2) is 14.2. The Morgan fingerprint density at radius 2 is 0.714 bits per heavy atom. The summed E-state index contributed by atoms with van der Waals surface area (Å²) < 4.78 is 0. The number of hydrogen-bond donors (Lipinski definition) is 0. The zero-order chi connectivity index (χ0) is 39.4. The van der Waals surface area contributed by atoms with Crippen molar-refractivity contribution >= 4 is 66.4 Å². The highest BCUT2D eigenvalue weighted by Gasteiger charge is 2.26. The molecule has 0 N–H and O–H groups in total. The van der Waals surface area contributed by atoms with Crippen LogP contribution in [0.4, 0.5) is 34.1 Å². The lowest BCUT2D eigenvalue weighted by Crippen LogP contribution is -2.13. The maximum atomic E-state index is 9.71. The van der Waals surface area contributed by atoms with Gasteiger partial charge in [-0.3, -0.25) is 0 Å². The van der Waals surface area contributed by atoms with Gasteiger partial charge < -0.3 is 9.80 Å². The van der Waals surface area contributed by atoms with Crippen LogP contribution < -0.4 is 9.80 Å². The normalized spacial score (nSPS) is 11.5. The Kier molecular flexibility index (Phi) is 9.24. The summed E-state index contributed by atoms with van der Waals surface area (Å²) in [6.45, 7) is 17.8. The summed E-state index contributed by atoms with van der Waals surface area (Å²) in [4.78, 5) is 4.75. The molecule has 0 heterocycles. The third kappa shape index (κ3) is 6.28. The highest BCUT2D eigenvalue weighted by Crippen LogP contribution is 2.51. The van der Waals surface area contributed by atoms with E-state index in [4.69, 9.17) is 0 Å². The van der Waals surface area contributed by atoms with Crippen LogP contribution in [0.2, 0.25) is 0 Å². The van der Waals surface area contributed by atoms with E-state index >= 15 is 0 Å². The smallest absolute Gasteiger partial charge is 0.0991 e. The number of benzene rings is 8. The largest absolute Gasteiger partial charge is 0.310 e. The van der Waals surface area contributed by atoms with Crippen LogP contribution in [0, 0.1) is 50.4 Å². The first-order valence-corrected chi connectivity index (χ1v) is 19.5. The lowest BCUT2D eigenvalue weighted by atomic mass is 9.84. The summed E-state index contributed by atoms with van der Waals surface area (Å²) in [6.07, 6.45) is 0. The highest BCUT2D eigenvalue weighted by atomic mass is 15.2. The van der Waals surface area contributed by atoms with Gasteiger partial charge in [-0.05, 0) is 179 Å². The number of aryl methyl sites for hydroxylation is 4. The molecule has 0 aromatic heterocycles. The molecule has 0 saturated heterocycles. The van der Waals surface area contributed by atoms with E-state index in [1.807, 2.05) is 24.3 Å². The molecule has 0 spiro atoms. The molecule has 0 unspecified atom stereocenters. The minimum atomic E-state index is 0.259. The van der Waals surface area contributed by atoms with E-state index in [0.29, 0.717) is 11.1 Å². The Labute approximate surface area is 330 Å². The minimum absolute atomic E-state index is 0.259. The van der Waals surface area contributed by atoms with E-state index in [1.165, 1.54) is 65.7 Å². The van der Waals surface area contributed by atoms with Gasteiger partial charge in [-0.1, -0.05) is 64.1 Å². The van der Waals surface area contributed by atoms with Crippen LogP contribution in [-0.4, -0.2) is 0 Å². The van der Waals surface area contributed by atoms with Gasteiger partial charge in [-0.15, -0.1) is 0 Å². The van der Waals surface area contributed by atoms with E-state index < -0.39 is 0 Å². The molecule has 56 heavy (non-hydrogen) atoms. The van der Waals surface area contributed by atoms with Crippen LogP contribution >= 0.6 is 0 Å². The van der Waals surface area contributed by atoms with Crippen LogP contribution in [0.25, 0.3) is 32.3 Å². The second-order valence-corrected chi connectivity index (χ2v) is 16.0.